The molecule has 0 spiro atoms. The zero-order valence-electron chi connectivity index (χ0n) is 15.0. The maximum Gasteiger partial charge on any atom is 0.0478 e. The van der Waals surface area contributed by atoms with Crippen LogP contribution in [0.3, 0.4) is 0 Å². The lowest BCUT2D eigenvalue weighted by molar-refractivity contribution is 1.28. The molecule has 3 aromatic carbocycles. The number of allylic oxidation sites excluding steroid dienone is 1. The van der Waals surface area contributed by atoms with Crippen molar-refractivity contribution in [3.8, 4) is 0 Å². The predicted molar refractivity (Wildman–Crippen MR) is 118 cm³/mol. The minimum atomic E-state index is 0.757. The first-order valence-corrected chi connectivity index (χ1v) is 8.78. The van der Waals surface area contributed by atoms with Gasteiger partial charge in [-0.25, -0.2) is 0 Å². The number of hydrogen-bond donors (Lipinski definition) is 0. The van der Waals surface area contributed by atoms with Gasteiger partial charge in [-0.3, -0.25) is 0 Å². The summed E-state index contributed by atoms with van der Waals surface area (Å²) in [6.45, 7) is 10.9. The summed E-state index contributed by atoms with van der Waals surface area (Å²) < 4.78 is 0. The van der Waals surface area contributed by atoms with Crippen LogP contribution in [-0.2, 0) is 6.42 Å². The highest BCUT2D eigenvalue weighted by atomic mass is 35.5. The molecule has 0 fully saturated rings. The van der Waals surface area contributed by atoms with E-state index in [9.17, 15) is 0 Å². The second kappa shape index (κ2) is 13.5. The Bertz CT molecular complexity index is 774. The Kier molecular flexibility index (Phi) is 11.0. The Labute approximate surface area is 162 Å². The molecule has 0 N–H and O–H groups in total. The molecule has 0 amide bonds. The lowest BCUT2D eigenvalue weighted by Gasteiger charge is -1.92. The summed E-state index contributed by atoms with van der Waals surface area (Å²) in [4.78, 5) is 0. The van der Waals surface area contributed by atoms with Gasteiger partial charge in [0.15, 0.2) is 0 Å². The smallest absolute Gasteiger partial charge is 0.0478 e. The summed E-state index contributed by atoms with van der Waals surface area (Å²) in [6.07, 6.45) is 6.46. The zero-order chi connectivity index (χ0) is 19.0. The van der Waals surface area contributed by atoms with Gasteiger partial charge < -0.3 is 0 Å². The molecule has 3 aromatic rings. The summed E-state index contributed by atoms with van der Waals surface area (Å²) in [6, 6.07) is 27.9. The Morgan fingerprint density at radius 1 is 0.654 bits per heavy atom. The van der Waals surface area contributed by atoms with Gasteiger partial charge in [0.25, 0.3) is 0 Å². The minimum absolute atomic E-state index is 0.757. The number of benzene rings is 3. The fraction of sp³-hybridized carbons (Fsp3) is 0.0400. The van der Waals surface area contributed by atoms with Gasteiger partial charge in [-0.1, -0.05) is 122 Å². The van der Waals surface area contributed by atoms with Crippen LogP contribution < -0.4 is 0 Å². The summed E-state index contributed by atoms with van der Waals surface area (Å²) in [5, 5.41) is 0.757. The number of hydrogen-bond acceptors (Lipinski definition) is 0. The molecule has 0 nitrogen and oxygen atoms in total. The van der Waals surface area contributed by atoms with E-state index in [0.29, 0.717) is 0 Å². The van der Waals surface area contributed by atoms with E-state index in [4.69, 9.17) is 11.6 Å². The summed E-state index contributed by atoms with van der Waals surface area (Å²) in [5.41, 5.74) is 3.49. The van der Waals surface area contributed by atoms with E-state index >= 15 is 0 Å². The third-order valence-electron chi connectivity index (χ3n) is 3.38. The normalized spacial score (nSPS) is 8.81. The first-order chi connectivity index (χ1) is 12.7. The van der Waals surface area contributed by atoms with Gasteiger partial charge >= 0.3 is 0 Å². The molecule has 0 saturated heterocycles. The lowest BCUT2D eigenvalue weighted by atomic mass is 10.2. The number of rotatable bonds is 4. The van der Waals surface area contributed by atoms with Gasteiger partial charge in [-0.2, -0.15) is 0 Å². The average molecular weight is 361 g/mol. The molecular formula is C25H25Cl. The van der Waals surface area contributed by atoms with Crippen molar-refractivity contribution in [2.45, 2.75) is 6.42 Å². The molecule has 0 aliphatic carbocycles. The third-order valence-corrected chi connectivity index (χ3v) is 3.73. The van der Waals surface area contributed by atoms with Crippen LogP contribution in [0.2, 0.25) is 5.02 Å². The molecule has 0 atom stereocenters. The van der Waals surface area contributed by atoms with Crippen molar-refractivity contribution in [3.63, 3.8) is 0 Å². The first-order valence-electron chi connectivity index (χ1n) is 8.40. The SMILES string of the molecule is C=CCc1ccccc1.C=Cc1ccccc1.C=Cc1ccccc1Cl. The largest absolute Gasteiger partial charge is 0.103 e. The quantitative estimate of drug-likeness (QED) is 0.417. The molecule has 26 heavy (non-hydrogen) atoms. The van der Waals surface area contributed by atoms with E-state index in [1.165, 1.54) is 11.1 Å². The van der Waals surface area contributed by atoms with Crippen molar-refractivity contribution in [2.75, 3.05) is 0 Å². The van der Waals surface area contributed by atoms with Crippen molar-refractivity contribution in [1.29, 1.82) is 0 Å². The molecule has 0 unspecified atom stereocenters. The molecule has 1 heteroatoms. The van der Waals surface area contributed by atoms with Crippen molar-refractivity contribution in [1.82, 2.24) is 0 Å². The van der Waals surface area contributed by atoms with Crippen LogP contribution in [0.15, 0.2) is 111 Å². The Morgan fingerprint density at radius 2 is 1.19 bits per heavy atom. The molecule has 0 aromatic heterocycles. The van der Waals surface area contributed by atoms with Crippen molar-refractivity contribution < 1.29 is 0 Å². The molecule has 0 aliphatic rings. The lowest BCUT2D eigenvalue weighted by Crippen LogP contribution is -1.75. The Balaban J connectivity index is 0.000000195. The molecule has 0 bridgehead atoms. The summed E-state index contributed by atoms with van der Waals surface area (Å²) in [5.74, 6) is 0. The average Bonchev–Trinajstić information content (AvgIpc) is 2.71. The summed E-state index contributed by atoms with van der Waals surface area (Å²) >= 11 is 5.75. The van der Waals surface area contributed by atoms with Crippen molar-refractivity contribution in [3.05, 3.63) is 132 Å². The predicted octanol–water partition coefficient (Wildman–Crippen LogP) is 7.73. The highest BCUT2D eigenvalue weighted by molar-refractivity contribution is 6.32. The molecule has 0 radical (unpaired) electrons. The second-order valence-electron chi connectivity index (χ2n) is 5.32. The molecule has 132 valence electrons. The van der Waals surface area contributed by atoms with Gasteiger partial charge in [0.05, 0.1) is 0 Å². The third kappa shape index (κ3) is 8.86. The molecule has 0 heterocycles. The maximum absolute atomic E-state index is 5.75. The summed E-state index contributed by atoms with van der Waals surface area (Å²) in [7, 11) is 0. The monoisotopic (exact) mass is 360 g/mol. The second-order valence-corrected chi connectivity index (χ2v) is 5.73. The van der Waals surface area contributed by atoms with Crippen LogP contribution in [0, 0.1) is 0 Å². The molecule has 3 rings (SSSR count). The molecular weight excluding hydrogens is 336 g/mol. The topological polar surface area (TPSA) is 0 Å². The zero-order valence-corrected chi connectivity index (χ0v) is 15.8. The highest BCUT2D eigenvalue weighted by Gasteiger charge is 1.89. The Morgan fingerprint density at radius 3 is 1.62 bits per heavy atom. The van der Waals surface area contributed by atoms with Crippen LogP contribution in [0.1, 0.15) is 16.7 Å². The fourth-order valence-electron chi connectivity index (χ4n) is 2.01. The van der Waals surface area contributed by atoms with Crippen LogP contribution in [0.5, 0.6) is 0 Å². The Hall–Kier alpha value is -2.83. The van der Waals surface area contributed by atoms with E-state index in [-0.39, 0.29) is 0 Å². The standard InChI is InChI=1S/C9H10.C8H7Cl.C8H8/c1-2-6-9-7-4-3-5-8-9;1-2-7-5-3-4-6-8(7)9;1-2-8-6-4-3-5-7-8/h2-5,7-8H,1,6H2;2-6H,1H2;2-7H,1H2. The van der Waals surface area contributed by atoms with Crippen molar-refractivity contribution >= 4 is 23.8 Å². The highest BCUT2D eigenvalue weighted by Crippen LogP contribution is 2.14. The maximum atomic E-state index is 5.75. The van der Waals surface area contributed by atoms with Crippen LogP contribution in [0.4, 0.5) is 0 Å². The van der Waals surface area contributed by atoms with Gasteiger partial charge in [-0.15, -0.1) is 6.58 Å². The van der Waals surface area contributed by atoms with E-state index in [1.807, 2.05) is 84.9 Å². The van der Waals surface area contributed by atoms with E-state index in [0.717, 1.165) is 17.0 Å². The van der Waals surface area contributed by atoms with E-state index in [1.54, 1.807) is 6.08 Å². The first kappa shape index (κ1) is 21.2. The van der Waals surface area contributed by atoms with Gasteiger partial charge in [0.2, 0.25) is 0 Å². The molecule has 0 saturated carbocycles. The molecule has 0 aliphatic heterocycles. The van der Waals surface area contributed by atoms with Crippen LogP contribution >= 0.6 is 11.6 Å². The minimum Gasteiger partial charge on any atom is -0.103 e. The van der Waals surface area contributed by atoms with Crippen LogP contribution in [-0.4, -0.2) is 0 Å². The van der Waals surface area contributed by atoms with Crippen LogP contribution in [0.25, 0.3) is 12.2 Å². The van der Waals surface area contributed by atoms with E-state index in [2.05, 4.69) is 31.9 Å². The van der Waals surface area contributed by atoms with Crippen molar-refractivity contribution in [2.24, 2.45) is 0 Å². The van der Waals surface area contributed by atoms with Gasteiger partial charge in [-0.05, 0) is 29.2 Å². The fourth-order valence-corrected chi connectivity index (χ4v) is 2.22. The van der Waals surface area contributed by atoms with Gasteiger partial charge in [0, 0.05) is 5.02 Å². The van der Waals surface area contributed by atoms with E-state index < -0.39 is 0 Å². The number of halogens is 1. The van der Waals surface area contributed by atoms with Gasteiger partial charge in [0.1, 0.15) is 0 Å².